The van der Waals surface area contributed by atoms with Crippen LogP contribution in [0.4, 0.5) is 13.2 Å². The number of carbonyl (C=O) groups excluding carboxylic acids is 1. The van der Waals surface area contributed by atoms with Gasteiger partial charge < -0.3 is 18.8 Å². The third-order valence-electron chi connectivity index (χ3n) is 3.99. The summed E-state index contributed by atoms with van der Waals surface area (Å²) < 4.78 is 83.7. The Labute approximate surface area is 154 Å². The Bertz CT molecular complexity index is 784. The van der Waals surface area contributed by atoms with E-state index in [1.165, 1.54) is 0 Å². The van der Waals surface area contributed by atoms with Crippen LogP contribution in [-0.4, -0.2) is 43.3 Å². The summed E-state index contributed by atoms with van der Waals surface area (Å²) in [6.07, 6.45) is -1.96. The average molecular weight is 411 g/mol. The zero-order chi connectivity index (χ0) is 20.3. The highest BCUT2D eigenvalue weighted by Crippen LogP contribution is 2.40. The van der Waals surface area contributed by atoms with Crippen molar-refractivity contribution in [2.45, 2.75) is 44.6 Å². The first-order chi connectivity index (χ1) is 12.4. The quantitative estimate of drug-likeness (QED) is 0.502. The van der Waals surface area contributed by atoms with E-state index in [-0.39, 0.29) is 11.3 Å². The number of esters is 1. The topological polar surface area (TPSA) is 102 Å². The first kappa shape index (κ1) is 21.3. The molecule has 0 spiro atoms. The van der Waals surface area contributed by atoms with Gasteiger partial charge in [-0.2, -0.15) is 0 Å². The minimum atomic E-state index is -4.95. The molecule has 7 nitrogen and oxygen atoms in total. The third-order valence-corrected chi connectivity index (χ3v) is 4.66. The van der Waals surface area contributed by atoms with Crippen LogP contribution in [0.1, 0.15) is 43.0 Å². The van der Waals surface area contributed by atoms with Gasteiger partial charge in [-0.1, -0.05) is 0 Å². The lowest BCUT2D eigenvalue weighted by molar-refractivity contribution is -0.275. The van der Waals surface area contributed by atoms with Crippen LogP contribution in [0.25, 0.3) is 0 Å². The van der Waals surface area contributed by atoms with E-state index in [2.05, 4.69) is 9.47 Å². The number of rotatable bonds is 7. The van der Waals surface area contributed by atoms with Crippen molar-refractivity contribution < 1.29 is 45.1 Å². The molecule has 0 N–H and O–H groups in total. The molecule has 0 aromatic heterocycles. The number of hydrogen-bond donors (Lipinski definition) is 0. The zero-order valence-electron chi connectivity index (χ0n) is 14.4. The molecule has 0 amide bonds. The van der Waals surface area contributed by atoms with Crippen molar-refractivity contribution in [3.8, 4) is 11.5 Å². The van der Waals surface area contributed by atoms with Crippen LogP contribution >= 0.6 is 0 Å². The van der Waals surface area contributed by atoms with E-state index in [0.29, 0.717) is 12.8 Å². The van der Waals surface area contributed by atoms with E-state index in [1.54, 1.807) is 6.92 Å². The predicted octanol–water partition coefficient (Wildman–Crippen LogP) is 3.00. The van der Waals surface area contributed by atoms with Gasteiger partial charge in [0.2, 0.25) is 0 Å². The summed E-state index contributed by atoms with van der Waals surface area (Å²) in [5.41, 5.74) is -0.854. The Morgan fingerprint density at radius 3 is 2.41 bits per heavy atom. The molecule has 1 aromatic carbocycles. The molecule has 0 heterocycles. The van der Waals surface area contributed by atoms with Crippen molar-refractivity contribution in [3.63, 3.8) is 0 Å². The molecule has 1 aliphatic carbocycles. The van der Waals surface area contributed by atoms with Crippen LogP contribution in [0.15, 0.2) is 18.2 Å². The standard InChI is InChI=1S/C16H19F3O7S/c1-15(6-2-3-7-15)25-13-10-11(4-5-12(13)26-16(17,18)19)14(20)24-8-9-27(21,22)23/h4-5,10H,2-3,6-9H2,1H3,(H,21,22,23)/p-1. The summed E-state index contributed by atoms with van der Waals surface area (Å²) in [4.78, 5) is 12.0. The fourth-order valence-electron chi connectivity index (χ4n) is 2.73. The normalized spacial score (nSPS) is 16.8. The van der Waals surface area contributed by atoms with Crippen LogP contribution < -0.4 is 9.47 Å². The minimum Gasteiger partial charge on any atom is -0.748 e. The number of alkyl halides is 3. The van der Waals surface area contributed by atoms with E-state index in [0.717, 1.165) is 31.0 Å². The van der Waals surface area contributed by atoms with Gasteiger partial charge in [-0.15, -0.1) is 13.2 Å². The maximum absolute atomic E-state index is 12.6. The fraction of sp³-hybridized carbons (Fsp3) is 0.562. The van der Waals surface area contributed by atoms with Crippen molar-refractivity contribution in [3.05, 3.63) is 23.8 Å². The molecule has 0 unspecified atom stereocenters. The molecule has 11 heteroatoms. The smallest absolute Gasteiger partial charge is 0.573 e. The number of carbonyl (C=O) groups is 1. The van der Waals surface area contributed by atoms with Gasteiger partial charge in [0.05, 0.1) is 21.4 Å². The first-order valence-electron chi connectivity index (χ1n) is 8.06. The van der Waals surface area contributed by atoms with Crippen molar-refractivity contribution in [2.75, 3.05) is 12.4 Å². The molecule has 0 saturated heterocycles. The number of hydrogen-bond acceptors (Lipinski definition) is 7. The second kappa shape index (κ2) is 7.93. The third kappa shape index (κ3) is 6.90. The Morgan fingerprint density at radius 1 is 1.22 bits per heavy atom. The van der Waals surface area contributed by atoms with Gasteiger partial charge in [-0.05, 0) is 50.8 Å². The second-order valence-corrected chi connectivity index (χ2v) is 7.89. The van der Waals surface area contributed by atoms with Gasteiger partial charge in [-0.25, -0.2) is 13.2 Å². The maximum atomic E-state index is 12.6. The molecule has 152 valence electrons. The molecule has 0 atom stereocenters. The van der Waals surface area contributed by atoms with Crippen molar-refractivity contribution in [2.24, 2.45) is 0 Å². The average Bonchev–Trinajstić information content (AvgIpc) is 2.92. The molecule has 1 aromatic rings. The van der Waals surface area contributed by atoms with Gasteiger partial charge in [0.15, 0.2) is 11.5 Å². The minimum absolute atomic E-state index is 0.163. The summed E-state index contributed by atoms with van der Waals surface area (Å²) >= 11 is 0. The molecule has 0 aliphatic heterocycles. The van der Waals surface area contributed by atoms with Crippen molar-refractivity contribution in [1.29, 1.82) is 0 Å². The molecule has 0 radical (unpaired) electrons. The Hall–Kier alpha value is -2.01. The first-order valence-corrected chi connectivity index (χ1v) is 9.64. The van der Waals surface area contributed by atoms with Crippen LogP contribution in [0.2, 0.25) is 0 Å². The highest BCUT2D eigenvalue weighted by atomic mass is 32.2. The molecular formula is C16H18F3O7S-. The van der Waals surface area contributed by atoms with Crippen molar-refractivity contribution >= 4 is 16.1 Å². The van der Waals surface area contributed by atoms with E-state index < -0.39 is 46.2 Å². The molecule has 1 saturated carbocycles. The van der Waals surface area contributed by atoms with Gasteiger partial charge in [0.1, 0.15) is 12.2 Å². The lowest BCUT2D eigenvalue weighted by atomic mass is 10.1. The Balaban J connectivity index is 2.21. The largest absolute Gasteiger partial charge is 0.748 e. The van der Waals surface area contributed by atoms with Crippen molar-refractivity contribution in [1.82, 2.24) is 0 Å². The summed E-state index contributed by atoms with van der Waals surface area (Å²) in [7, 11) is -4.56. The lowest BCUT2D eigenvalue weighted by Gasteiger charge is -2.27. The van der Waals surface area contributed by atoms with Gasteiger partial charge in [-0.3, -0.25) is 0 Å². The molecule has 1 aliphatic rings. The summed E-state index contributed by atoms with van der Waals surface area (Å²) in [6.45, 7) is 1.08. The number of benzene rings is 1. The van der Waals surface area contributed by atoms with Gasteiger partial charge >= 0.3 is 12.3 Å². The second-order valence-electron chi connectivity index (χ2n) is 6.37. The molecule has 27 heavy (non-hydrogen) atoms. The zero-order valence-corrected chi connectivity index (χ0v) is 15.2. The van der Waals surface area contributed by atoms with E-state index >= 15 is 0 Å². The lowest BCUT2D eigenvalue weighted by Crippen LogP contribution is -2.29. The Kier molecular flexibility index (Phi) is 6.25. The summed E-state index contributed by atoms with van der Waals surface area (Å²) in [5.74, 6) is -2.79. The molecule has 2 rings (SSSR count). The van der Waals surface area contributed by atoms with Crippen LogP contribution in [0.5, 0.6) is 11.5 Å². The van der Waals surface area contributed by atoms with E-state index in [4.69, 9.17) is 4.74 Å². The molecule has 1 fully saturated rings. The highest BCUT2D eigenvalue weighted by Gasteiger charge is 2.36. The summed E-state index contributed by atoms with van der Waals surface area (Å²) in [6, 6.07) is 2.99. The fourth-order valence-corrected chi connectivity index (χ4v) is 3.02. The SMILES string of the molecule is CC1(Oc2cc(C(=O)OCCS(=O)(=O)[O-])ccc2OC(F)(F)F)CCCC1. The van der Waals surface area contributed by atoms with Gasteiger partial charge in [0.25, 0.3) is 0 Å². The van der Waals surface area contributed by atoms with Crippen LogP contribution in [0.3, 0.4) is 0 Å². The van der Waals surface area contributed by atoms with E-state index in [9.17, 15) is 30.9 Å². The summed E-state index contributed by atoms with van der Waals surface area (Å²) in [5, 5.41) is 0. The van der Waals surface area contributed by atoms with E-state index in [1.807, 2.05) is 0 Å². The molecule has 0 bridgehead atoms. The number of halogens is 3. The highest BCUT2D eigenvalue weighted by molar-refractivity contribution is 7.85. The Morgan fingerprint density at radius 2 is 1.85 bits per heavy atom. The maximum Gasteiger partial charge on any atom is 0.573 e. The monoisotopic (exact) mass is 411 g/mol. The van der Waals surface area contributed by atoms with Gasteiger partial charge in [0, 0.05) is 0 Å². The van der Waals surface area contributed by atoms with Crippen LogP contribution in [-0.2, 0) is 14.9 Å². The number of ether oxygens (including phenoxy) is 3. The predicted molar refractivity (Wildman–Crippen MR) is 85.5 cm³/mol. The van der Waals surface area contributed by atoms with Crippen LogP contribution in [0, 0.1) is 0 Å². The molecular weight excluding hydrogens is 393 g/mol.